The van der Waals surface area contributed by atoms with Gasteiger partial charge in [-0.1, -0.05) is 0 Å². The summed E-state index contributed by atoms with van der Waals surface area (Å²) in [5.74, 6) is 0. The van der Waals surface area contributed by atoms with Gasteiger partial charge in [-0.25, -0.2) is 0 Å². The monoisotopic (exact) mass is 336 g/mol. The molecule has 0 saturated heterocycles. The summed E-state index contributed by atoms with van der Waals surface area (Å²) in [5.41, 5.74) is 2.95. The third-order valence-electron chi connectivity index (χ3n) is 2.45. The molecule has 0 bridgehead atoms. The summed E-state index contributed by atoms with van der Waals surface area (Å²) >= 11 is 0.501. The Morgan fingerprint density at radius 3 is 1.38 bits per heavy atom. The molecule has 2 heteroatoms. The van der Waals surface area contributed by atoms with Gasteiger partial charge in [0.05, 0.1) is 0 Å². The van der Waals surface area contributed by atoms with Gasteiger partial charge < -0.3 is 24.0 Å². The van der Waals surface area contributed by atoms with E-state index >= 15 is 0 Å². The van der Waals surface area contributed by atoms with Crippen molar-refractivity contribution in [1.29, 1.82) is 0 Å². The van der Waals surface area contributed by atoms with E-state index in [1.807, 2.05) is 0 Å². The maximum atomic E-state index is 2.22. The SMILES string of the molecule is [I-].c1ccc([CH2][Al+][CH2]c2ccccc2)cc1. The number of halogens is 1. The fraction of sp³-hybridized carbons (Fsp3) is 0.143. The molecule has 0 aliphatic rings. The first-order valence-corrected chi connectivity index (χ1v) is 6.98. The van der Waals surface area contributed by atoms with Crippen LogP contribution in [0.15, 0.2) is 60.7 Å². The van der Waals surface area contributed by atoms with Crippen molar-refractivity contribution in [3.8, 4) is 0 Å². The molecule has 0 aromatic heterocycles. The van der Waals surface area contributed by atoms with Gasteiger partial charge in [0, 0.05) is 0 Å². The van der Waals surface area contributed by atoms with Gasteiger partial charge in [0.15, 0.2) is 0 Å². The van der Waals surface area contributed by atoms with Crippen molar-refractivity contribution in [3.63, 3.8) is 0 Å². The number of hydrogen-bond donors (Lipinski definition) is 0. The molecule has 16 heavy (non-hydrogen) atoms. The molecule has 2 aromatic rings. The Morgan fingerprint density at radius 2 is 1.00 bits per heavy atom. The molecule has 2 aromatic carbocycles. The van der Waals surface area contributed by atoms with E-state index in [-0.39, 0.29) is 24.0 Å². The summed E-state index contributed by atoms with van der Waals surface area (Å²) < 4.78 is 0. The second kappa shape index (κ2) is 7.89. The Labute approximate surface area is 121 Å². The Kier molecular flexibility index (Phi) is 6.79. The van der Waals surface area contributed by atoms with Gasteiger partial charge in [-0.2, -0.15) is 0 Å². The minimum absolute atomic E-state index is 0. The van der Waals surface area contributed by atoms with Crippen molar-refractivity contribution in [1.82, 2.24) is 0 Å². The van der Waals surface area contributed by atoms with E-state index < -0.39 is 0 Å². The topological polar surface area (TPSA) is 0 Å². The molecule has 0 saturated carbocycles. The normalized spacial score (nSPS) is 9.00. The standard InChI is InChI=1S/2C7H7.Al.HI/c2*1-7-5-3-2-4-6-7;;/h2*2-6H,1H2;;1H/q;;+1;/p-1. The average molecular weight is 336 g/mol. The van der Waals surface area contributed by atoms with Crippen molar-refractivity contribution in [2.24, 2.45) is 0 Å². The molecule has 0 unspecified atom stereocenters. The Bertz CT molecular complexity index is 346. The first-order valence-electron chi connectivity index (χ1n) is 5.34. The van der Waals surface area contributed by atoms with Crippen LogP contribution in [0.4, 0.5) is 0 Å². The van der Waals surface area contributed by atoms with Crippen molar-refractivity contribution in [3.05, 3.63) is 71.8 Å². The molecule has 0 aliphatic carbocycles. The third-order valence-corrected chi connectivity index (χ3v) is 3.97. The first kappa shape index (κ1) is 13.8. The molecule has 80 valence electrons. The van der Waals surface area contributed by atoms with Crippen LogP contribution in [0.1, 0.15) is 11.1 Å². The summed E-state index contributed by atoms with van der Waals surface area (Å²) in [6.07, 6.45) is 0. The van der Waals surface area contributed by atoms with E-state index in [1.165, 1.54) is 21.7 Å². The van der Waals surface area contributed by atoms with Crippen molar-refractivity contribution in [2.45, 2.75) is 10.6 Å². The second-order valence-corrected chi connectivity index (χ2v) is 5.06. The minimum atomic E-state index is 0. The summed E-state index contributed by atoms with van der Waals surface area (Å²) in [7, 11) is 0. The second-order valence-electron chi connectivity index (χ2n) is 3.67. The zero-order valence-electron chi connectivity index (χ0n) is 9.14. The number of hydrogen-bond acceptors (Lipinski definition) is 0. The van der Waals surface area contributed by atoms with Crippen molar-refractivity contribution in [2.75, 3.05) is 0 Å². The summed E-state index contributed by atoms with van der Waals surface area (Å²) in [5, 5.41) is 2.52. The summed E-state index contributed by atoms with van der Waals surface area (Å²) in [6, 6.07) is 21.5. The summed E-state index contributed by atoms with van der Waals surface area (Å²) in [4.78, 5) is 0. The van der Waals surface area contributed by atoms with Gasteiger partial charge in [0.1, 0.15) is 0 Å². The van der Waals surface area contributed by atoms with E-state index in [0.717, 1.165) is 0 Å². The molecule has 0 radical (unpaired) electrons. The Morgan fingerprint density at radius 1 is 0.625 bits per heavy atom. The maximum absolute atomic E-state index is 2.22. The van der Waals surface area contributed by atoms with Crippen LogP contribution in [-0.2, 0) is 10.6 Å². The molecular formula is C14H14AlI. The van der Waals surface area contributed by atoms with Crippen molar-refractivity contribution < 1.29 is 24.0 Å². The fourth-order valence-corrected chi connectivity index (χ4v) is 2.99. The van der Waals surface area contributed by atoms with Gasteiger partial charge in [-0.3, -0.25) is 0 Å². The summed E-state index contributed by atoms with van der Waals surface area (Å²) in [6.45, 7) is 0. The van der Waals surface area contributed by atoms with Gasteiger partial charge in [0.25, 0.3) is 0 Å². The third kappa shape index (κ3) is 4.69. The fourth-order valence-electron chi connectivity index (χ4n) is 1.63. The van der Waals surface area contributed by atoms with Crippen LogP contribution in [0.5, 0.6) is 0 Å². The van der Waals surface area contributed by atoms with Crippen LogP contribution in [0.25, 0.3) is 0 Å². The van der Waals surface area contributed by atoms with Crippen LogP contribution < -0.4 is 24.0 Å². The molecule has 0 N–H and O–H groups in total. The van der Waals surface area contributed by atoms with Crippen LogP contribution in [-0.4, -0.2) is 15.2 Å². The zero-order chi connectivity index (χ0) is 10.3. The predicted molar refractivity (Wildman–Crippen MR) is 66.0 cm³/mol. The molecule has 0 heterocycles. The molecule has 0 fully saturated rings. The van der Waals surface area contributed by atoms with Crippen LogP contribution >= 0.6 is 0 Å². The van der Waals surface area contributed by atoms with Crippen LogP contribution in [0.2, 0.25) is 0 Å². The Hall–Kier alpha value is -0.298. The molecule has 0 nitrogen and oxygen atoms in total. The molecule has 0 amide bonds. The van der Waals surface area contributed by atoms with Crippen LogP contribution in [0, 0.1) is 0 Å². The zero-order valence-corrected chi connectivity index (χ0v) is 12.5. The molecule has 2 rings (SSSR count). The van der Waals surface area contributed by atoms with Crippen LogP contribution in [0.3, 0.4) is 0 Å². The molecule has 0 spiro atoms. The molecule has 0 atom stereocenters. The molecule has 0 aliphatic heterocycles. The number of benzene rings is 2. The number of rotatable bonds is 4. The van der Waals surface area contributed by atoms with E-state index in [9.17, 15) is 0 Å². The van der Waals surface area contributed by atoms with Gasteiger partial charge >= 0.3 is 97.6 Å². The molecular weight excluding hydrogens is 322 g/mol. The van der Waals surface area contributed by atoms with Crippen molar-refractivity contribution >= 4 is 15.2 Å². The first-order chi connectivity index (χ1) is 7.45. The van der Waals surface area contributed by atoms with E-state index in [4.69, 9.17) is 0 Å². The van der Waals surface area contributed by atoms with Gasteiger partial charge in [-0.15, -0.1) is 0 Å². The predicted octanol–water partition coefficient (Wildman–Crippen LogP) is 0.0950. The Balaban J connectivity index is 0.00000128. The van der Waals surface area contributed by atoms with E-state index in [2.05, 4.69) is 60.7 Å². The van der Waals surface area contributed by atoms with E-state index in [1.54, 1.807) is 0 Å². The quantitative estimate of drug-likeness (QED) is 0.549. The van der Waals surface area contributed by atoms with Gasteiger partial charge in [-0.05, 0) is 0 Å². The van der Waals surface area contributed by atoms with Gasteiger partial charge in [0.2, 0.25) is 0 Å². The average Bonchev–Trinajstić information content (AvgIpc) is 2.32. The van der Waals surface area contributed by atoms with E-state index in [0.29, 0.717) is 15.2 Å².